The first kappa shape index (κ1) is 12.3. The van der Waals surface area contributed by atoms with Gasteiger partial charge >= 0.3 is 0 Å². The van der Waals surface area contributed by atoms with Crippen LogP contribution in [0.25, 0.3) is 0 Å². The summed E-state index contributed by atoms with van der Waals surface area (Å²) in [6.07, 6.45) is 2.67. The molecule has 1 aliphatic heterocycles. The molecule has 1 atom stereocenters. The molecule has 1 N–H and O–H groups in total. The summed E-state index contributed by atoms with van der Waals surface area (Å²) in [6, 6.07) is 7.17. The van der Waals surface area contributed by atoms with Crippen molar-refractivity contribution in [3.05, 3.63) is 48.3 Å². The normalized spacial score (nSPS) is 18.9. The van der Waals surface area contributed by atoms with Crippen molar-refractivity contribution in [2.75, 3.05) is 26.2 Å². The molecule has 0 radical (unpaired) electrons. The molecule has 0 aliphatic carbocycles. The van der Waals surface area contributed by atoms with Gasteiger partial charge in [-0.3, -0.25) is 4.90 Å². The van der Waals surface area contributed by atoms with Crippen LogP contribution in [0.15, 0.2) is 36.9 Å². The Morgan fingerprint density at radius 3 is 2.71 bits per heavy atom. The van der Waals surface area contributed by atoms with Crippen LogP contribution in [0.5, 0.6) is 0 Å². The van der Waals surface area contributed by atoms with E-state index in [-0.39, 0.29) is 11.9 Å². The molecular weight excluding hydrogens is 215 g/mol. The molecule has 0 bridgehead atoms. The third-order valence-corrected chi connectivity index (χ3v) is 3.25. The maximum Gasteiger partial charge on any atom is 0.127 e. The molecule has 0 spiro atoms. The molecule has 1 aliphatic rings. The lowest BCUT2D eigenvalue weighted by Crippen LogP contribution is -2.45. The van der Waals surface area contributed by atoms with Gasteiger partial charge < -0.3 is 5.32 Å². The van der Waals surface area contributed by atoms with E-state index in [1.807, 2.05) is 18.2 Å². The van der Waals surface area contributed by atoms with Crippen molar-refractivity contribution in [2.24, 2.45) is 0 Å². The minimum atomic E-state index is -0.113. The van der Waals surface area contributed by atoms with E-state index in [1.165, 1.54) is 6.07 Å². The number of benzene rings is 1. The molecular formula is C14H19FN2. The third kappa shape index (κ3) is 2.93. The Morgan fingerprint density at radius 2 is 2.06 bits per heavy atom. The number of piperazine rings is 1. The van der Waals surface area contributed by atoms with Crippen LogP contribution in [0.2, 0.25) is 0 Å². The Hall–Kier alpha value is -1.19. The lowest BCUT2D eigenvalue weighted by atomic mass is 10.0. The van der Waals surface area contributed by atoms with E-state index in [0.29, 0.717) is 0 Å². The van der Waals surface area contributed by atoms with Gasteiger partial charge in [-0.05, 0) is 12.5 Å². The zero-order valence-electron chi connectivity index (χ0n) is 10.0. The largest absolute Gasteiger partial charge is 0.314 e. The highest BCUT2D eigenvalue weighted by Crippen LogP contribution is 2.26. The third-order valence-electron chi connectivity index (χ3n) is 3.25. The quantitative estimate of drug-likeness (QED) is 0.804. The predicted octanol–water partition coefficient (Wildman–Crippen LogP) is 2.35. The van der Waals surface area contributed by atoms with E-state index in [4.69, 9.17) is 0 Å². The fourth-order valence-corrected chi connectivity index (χ4v) is 2.37. The van der Waals surface area contributed by atoms with Gasteiger partial charge in [0.2, 0.25) is 0 Å². The van der Waals surface area contributed by atoms with E-state index in [0.717, 1.165) is 38.2 Å². The summed E-state index contributed by atoms with van der Waals surface area (Å²) in [6.45, 7) is 7.66. The molecule has 1 aromatic carbocycles. The molecule has 0 aromatic heterocycles. The van der Waals surface area contributed by atoms with Crippen LogP contribution in [-0.4, -0.2) is 31.1 Å². The highest BCUT2D eigenvalue weighted by Gasteiger charge is 2.22. The van der Waals surface area contributed by atoms with E-state index in [9.17, 15) is 4.39 Å². The van der Waals surface area contributed by atoms with Gasteiger partial charge in [-0.15, -0.1) is 6.58 Å². The molecule has 2 rings (SSSR count). The summed E-state index contributed by atoms with van der Waals surface area (Å²) in [5.74, 6) is -0.113. The SMILES string of the molecule is C=CC[C@@H](c1ccccc1F)N1CCNCC1. The standard InChI is InChI=1S/C14H19FN2/c1-2-5-14(17-10-8-16-9-11-17)12-6-3-4-7-13(12)15/h2-4,6-7,14,16H,1,5,8-11H2/t14-/m0/s1. The Bertz CT molecular complexity index is 372. The second kappa shape index (κ2) is 5.94. The summed E-state index contributed by atoms with van der Waals surface area (Å²) < 4.78 is 13.8. The van der Waals surface area contributed by atoms with Crippen LogP contribution in [0.3, 0.4) is 0 Å². The first-order chi connectivity index (χ1) is 8.33. The van der Waals surface area contributed by atoms with E-state index in [2.05, 4.69) is 16.8 Å². The maximum absolute atomic E-state index is 13.8. The summed E-state index contributed by atoms with van der Waals surface area (Å²) >= 11 is 0. The topological polar surface area (TPSA) is 15.3 Å². The first-order valence-corrected chi connectivity index (χ1v) is 6.13. The monoisotopic (exact) mass is 234 g/mol. The number of halogens is 1. The molecule has 1 fully saturated rings. The zero-order chi connectivity index (χ0) is 12.1. The molecule has 92 valence electrons. The number of rotatable bonds is 4. The van der Waals surface area contributed by atoms with Crippen LogP contribution in [0.4, 0.5) is 4.39 Å². The van der Waals surface area contributed by atoms with Crippen molar-refractivity contribution >= 4 is 0 Å². The van der Waals surface area contributed by atoms with Crippen molar-refractivity contribution in [1.29, 1.82) is 0 Å². The van der Waals surface area contributed by atoms with Crippen LogP contribution in [0, 0.1) is 5.82 Å². The molecule has 0 saturated carbocycles. The molecule has 1 aromatic rings. The Balaban J connectivity index is 2.21. The summed E-state index contributed by atoms with van der Waals surface area (Å²) in [5.41, 5.74) is 0.786. The van der Waals surface area contributed by atoms with Crippen molar-refractivity contribution in [3.8, 4) is 0 Å². The predicted molar refractivity (Wildman–Crippen MR) is 68.4 cm³/mol. The number of nitrogens with one attached hydrogen (secondary N) is 1. The highest BCUT2D eigenvalue weighted by atomic mass is 19.1. The number of hydrogen-bond donors (Lipinski definition) is 1. The average Bonchev–Trinajstić information content (AvgIpc) is 2.38. The Morgan fingerprint density at radius 1 is 1.35 bits per heavy atom. The van der Waals surface area contributed by atoms with Crippen LogP contribution < -0.4 is 5.32 Å². The van der Waals surface area contributed by atoms with Crippen molar-refractivity contribution < 1.29 is 4.39 Å². The van der Waals surface area contributed by atoms with Crippen molar-refractivity contribution in [2.45, 2.75) is 12.5 Å². The molecule has 0 amide bonds. The molecule has 1 heterocycles. The van der Waals surface area contributed by atoms with Crippen LogP contribution in [0.1, 0.15) is 18.0 Å². The average molecular weight is 234 g/mol. The van der Waals surface area contributed by atoms with E-state index < -0.39 is 0 Å². The van der Waals surface area contributed by atoms with Crippen molar-refractivity contribution in [1.82, 2.24) is 10.2 Å². The number of nitrogens with zero attached hydrogens (tertiary/aromatic N) is 1. The van der Waals surface area contributed by atoms with Crippen LogP contribution >= 0.6 is 0 Å². The smallest absolute Gasteiger partial charge is 0.127 e. The Kier molecular flexibility index (Phi) is 4.29. The second-order valence-corrected chi connectivity index (χ2v) is 4.35. The van der Waals surface area contributed by atoms with E-state index in [1.54, 1.807) is 6.07 Å². The molecule has 1 saturated heterocycles. The fraction of sp³-hybridized carbons (Fsp3) is 0.429. The summed E-state index contributed by atoms with van der Waals surface area (Å²) in [5, 5.41) is 3.32. The minimum absolute atomic E-state index is 0.113. The highest BCUT2D eigenvalue weighted by molar-refractivity contribution is 5.22. The number of hydrogen-bond acceptors (Lipinski definition) is 2. The van der Waals surface area contributed by atoms with Gasteiger partial charge in [-0.1, -0.05) is 24.3 Å². The molecule has 17 heavy (non-hydrogen) atoms. The minimum Gasteiger partial charge on any atom is -0.314 e. The molecule has 3 heteroatoms. The van der Waals surface area contributed by atoms with Gasteiger partial charge in [-0.25, -0.2) is 4.39 Å². The lowest BCUT2D eigenvalue weighted by Gasteiger charge is -2.34. The molecule has 0 unspecified atom stereocenters. The second-order valence-electron chi connectivity index (χ2n) is 4.35. The Labute approximate surface area is 102 Å². The van der Waals surface area contributed by atoms with Gasteiger partial charge in [-0.2, -0.15) is 0 Å². The fourth-order valence-electron chi connectivity index (χ4n) is 2.37. The molecule has 2 nitrogen and oxygen atoms in total. The lowest BCUT2D eigenvalue weighted by molar-refractivity contribution is 0.171. The maximum atomic E-state index is 13.8. The summed E-state index contributed by atoms with van der Waals surface area (Å²) in [4.78, 5) is 2.33. The first-order valence-electron chi connectivity index (χ1n) is 6.13. The van der Waals surface area contributed by atoms with Crippen LogP contribution in [-0.2, 0) is 0 Å². The van der Waals surface area contributed by atoms with Gasteiger partial charge in [0.25, 0.3) is 0 Å². The van der Waals surface area contributed by atoms with Gasteiger partial charge in [0, 0.05) is 37.8 Å². The summed E-state index contributed by atoms with van der Waals surface area (Å²) in [7, 11) is 0. The van der Waals surface area contributed by atoms with Gasteiger partial charge in [0.15, 0.2) is 0 Å². The van der Waals surface area contributed by atoms with Crippen molar-refractivity contribution in [3.63, 3.8) is 0 Å². The zero-order valence-corrected chi connectivity index (χ0v) is 10.0. The van der Waals surface area contributed by atoms with Gasteiger partial charge in [0.1, 0.15) is 5.82 Å². The van der Waals surface area contributed by atoms with Gasteiger partial charge in [0.05, 0.1) is 0 Å². The van der Waals surface area contributed by atoms with E-state index >= 15 is 0 Å².